The summed E-state index contributed by atoms with van der Waals surface area (Å²) in [6.45, 7) is 0. The number of carbonyl (C=O) groups excluding carboxylic acids is 1. The van der Waals surface area contributed by atoms with Crippen LogP contribution in [-0.2, 0) is 4.79 Å². The van der Waals surface area contributed by atoms with E-state index in [0.717, 1.165) is 25.7 Å². The number of amides is 1. The molecule has 0 radical (unpaired) electrons. The Morgan fingerprint density at radius 3 is 2.40 bits per heavy atom. The Kier molecular flexibility index (Phi) is 3.75. The van der Waals surface area contributed by atoms with Gasteiger partial charge in [0.25, 0.3) is 0 Å². The molecule has 2 aliphatic carbocycles. The highest BCUT2D eigenvalue weighted by molar-refractivity contribution is 5.88. The topological polar surface area (TPSA) is 41.5 Å². The van der Waals surface area contributed by atoms with Gasteiger partial charge in [0.05, 0.1) is 0 Å². The molecule has 0 atom stereocenters. The van der Waals surface area contributed by atoms with Gasteiger partial charge in [-0.05, 0) is 38.5 Å². The minimum Gasteiger partial charge on any atom is -0.273 e. The molecule has 2 fully saturated rings. The van der Waals surface area contributed by atoms with Crippen LogP contribution >= 0.6 is 0 Å². The molecular weight excluding hydrogens is 188 g/mol. The Morgan fingerprint density at radius 1 is 1.07 bits per heavy atom. The first-order valence-corrected chi connectivity index (χ1v) is 6.21. The average molecular weight is 208 g/mol. The number of nitrogens with zero attached hydrogens (tertiary/aromatic N) is 1. The number of hydrazone groups is 1. The fourth-order valence-corrected chi connectivity index (χ4v) is 2.49. The Labute approximate surface area is 91.3 Å². The summed E-state index contributed by atoms with van der Waals surface area (Å²) >= 11 is 0. The summed E-state index contributed by atoms with van der Waals surface area (Å²) in [5, 5.41) is 4.22. The third-order valence-corrected chi connectivity index (χ3v) is 3.48. The van der Waals surface area contributed by atoms with E-state index < -0.39 is 0 Å². The number of hydrogen-bond donors (Lipinski definition) is 1. The van der Waals surface area contributed by atoms with Crippen LogP contribution in [-0.4, -0.2) is 11.6 Å². The molecule has 0 aliphatic heterocycles. The highest BCUT2D eigenvalue weighted by Gasteiger charge is 2.20. The third kappa shape index (κ3) is 3.05. The van der Waals surface area contributed by atoms with Crippen LogP contribution in [0.4, 0.5) is 0 Å². The largest absolute Gasteiger partial charge is 0.273 e. The molecule has 0 heterocycles. The summed E-state index contributed by atoms with van der Waals surface area (Å²) in [5.41, 5.74) is 3.92. The molecule has 15 heavy (non-hydrogen) atoms. The number of carbonyl (C=O) groups is 1. The van der Waals surface area contributed by atoms with Crippen LogP contribution in [0.3, 0.4) is 0 Å². The molecule has 2 aliphatic rings. The van der Waals surface area contributed by atoms with E-state index in [1.54, 1.807) is 0 Å². The second-order valence-corrected chi connectivity index (χ2v) is 4.70. The van der Waals surface area contributed by atoms with E-state index >= 15 is 0 Å². The van der Waals surface area contributed by atoms with Gasteiger partial charge in [-0.15, -0.1) is 0 Å². The average Bonchev–Trinajstić information content (AvgIpc) is 2.80. The van der Waals surface area contributed by atoms with Gasteiger partial charge in [-0.25, -0.2) is 5.43 Å². The lowest BCUT2D eigenvalue weighted by atomic mass is 9.89. The summed E-state index contributed by atoms with van der Waals surface area (Å²) < 4.78 is 0. The van der Waals surface area contributed by atoms with Crippen molar-refractivity contribution in [1.29, 1.82) is 0 Å². The van der Waals surface area contributed by atoms with E-state index in [1.807, 2.05) is 0 Å². The molecule has 0 spiro atoms. The predicted octanol–water partition coefficient (Wildman–Crippen LogP) is 2.61. The van der Waals surface area contributed by atoms with Gasteiger partial charge in [0.2, 0.25) is 5.91 Å². The lowest BCUT2D eigenvalue weighted by molar-refractivity contribution is -0.125. The molecule has 0 aromatic rings. The van der Waals surface area contributed by atoms with Gasteiger partial charge in [0.15, 0.2) is 0 Å². The molecule has 1 N–H and O–H groups in total. The standard InChI is InChI=1S/C12H20N2O/c15-12(10-6-2-1-3-7-10)14-13-11-8-4-5-9-11/h10H,1-9H2,(H,14,15). The van der Waals surface area contributed by atoms with Gasteiger partial charge in [0, 0.05) is 11.6 Å². The van der Waals surface area contributed by atoms with Gasteiger partial charge in [-0.1, -0.05) is 19.3 Å². The highest BCUT2D eigenvalue weighted by atomic mass is 16.2. The molecule has 2 saturated carbocycles. The predicted molar refractivity (Wildman–Crippen MR) is 60.6 cm³/mol. The lowest BCUT2D eigenvalue weighted by Crippen LogP contribution is -2.29. The van der Waals surface area contributed by atoms with E-state index in [-0.39, 0.29) is 11.8 Å². The smallest absolute Gasteiger partial charge is 0.243 e. The SMILES string of the molecule is O=C(NN=C1CCCC1)C1CCCCC1. The van der Waals surface area contributed by atoms with Crippen molar-refractivity contribution in [3.05, 3.63) is 0 Å². The first-order chi connectivity index (χ1) is 7.36. The molecule has 2 rings (SSSR count). The van der Waals surface area contributed by atoms with Crippen molar-refractivity contribution in [3.63, 3.8) is 0 Å². The Bertz CT molecular complexity index is 246. The van der Waals surface area contributed by atoms with Crippen LogP contribution in [0.5, 0.6) is 0 Å². The maximum absolute atomic E-state index is 11.7. The summed E-state index contributed by atoms with van der Waals surface area (Å²) in [7, 11) is 0. The molecule has 3 nitrogen and oxygen atoms in total. The zero-order chi connectivity index (χ0) is 10.5. The monoisotopic (exact) mass is 208 g/mol. The maximum atomic E-state index is 11.7. The van der Waals surface area contributed by atoms with Gasteiger partial charge in [-0.2, -0.15) is 5.10 Å². The van der Waals surface area contributed by atoms with Gasteiger partial charge < -0.3 is 0 Å². The van der Waals surface area contributed by atoms with Crippen molar-refractivity contribution in [3.8, 4) is 0 Å². The van der Waals surface area contributed by atoms with Gasteiger partial charge in [0.1, 0.15) is 0 Å². The van der Waals surface area contributed by atoms with Crippen molar-refractivity contribution in [2.24, 2.45) is 11.0 Å². The second kappa shape index (κ2) is 5.29. The van der Waals surface area contributed by atoms with Crippen LogP contribution in [0.2, 0.25) is 0 Å². The molecular formula is C12H20N2O. The van der Waals surface area contributed by atoms with Crippen molar-refractivity contribution in [1.82, 2.24) is 5.43 Å². The summed E-state index contributed by atoms with van der Waals surface area (Å²) in [4.78, 5) is 11.7. The van der Waals surface area contributed by atoms with E-state index in [1.165, 1.54) is 37.8 Å². The lowest BCUT2D eigenvalue weighted by Gasteiger charge is -2.19. The molecule has 0 unspecified atom stereocenters. The normalized spacial score (nSPS) is 22.8. The van der Waals surface area contributed by atoms with Crippen LogP contribution in [0.25, 0.3) is 0 Å². The molecule has 0 aromatic carbocycles. The number of nitrogens with one attached hydrogen (secondary N) is 1. The maximum Gasteiger partial charge on any atom is 0.243 e. The summed E-state index contributed by atoms with van der Waals surface area (Å²) in [6, 6.07) is 0. The minimum atomic E-state index is 0.147. The van der Waals surface area contributed by atoms with Gasteiger partial charge in [-0.3, -0.25) is 4.79 Å². The van der Waals surface area contributed by atoms with E-state index in [9.17, 15) is 4.79 Å². The van der Waals surface area contributed by atoms with Crippen LogP contribution in [0.1, 0.15) is 57.8 Å². The van der Waals surface area contributed by atoms with Gasteiger partial charge >= 0.3 is 0 Å². The van der Waals surface area contributed by atoms with Crippen LogP contribution < -0.4 is 5.43 Å². The molecule has 3 heteroatoms. The Balaban J connectivity index is 1.78. The molecule has 0 bridgehead atoms. The summed E-state index contributed by atoms with van der Waals surface area (Å²) in [6.07, 6.45) is 10.4. The van der Waals surface area contributed by atoms with Crippen molar-refractivity contribution >= 4 is 11.6 Å². The van der Waals surface area contributed by atoms with Crippen molar-refractivity contribution in [2.75, 3.05) is 0 Å². The first-order valence-electron chi connectivity index (χ1n) is 6.21. The van der Waals surface area contributed by atoms with Crippen LogP contribution in [0, 0.1) is 5.92 Å². The zero-order valence-electron chi connectivity index (χ0n) is 9.30. The quantitative estimate of drug-likeness (QED) is 0.696. The molecule has 0 saturated heterocycles. The highest BCUT2D eigenvalue weighted by Crippen LogP contribution is 2.23. The fraction of sp³-hybridized carbons (Fsp3) is 0.833. The van der Waals surface area contributed by atoms with Crippen molar-refractivity contribution in [2.45, 2.75) is 57.8 Å². The Hall–Kier alpha value is -0.860. The number of rotatable bonds is 2. The van der Waals surface area contributed by atoms with Crippen LogP contribution in [0.15, 0.2) is 5.10 Å². The van der Waals surface area contributed by atoms with E-state index in [2.05, 4.69) is 10.5 Å². The minimum absolute atomic E-state index is 0.147. The van der Waals surface area contributed by atoms with E-state index in [0.29, 0.717) is 0 Å². The Morgan fingerprint density at radius 2 is 1.73 bits per heavy atom. The first kappa shape index (κ1) is 10.7. The zero-order valence-corrected chi connectivity index (χ0v) is 9.30. The number of hydrogen-bond acceptors (Lipinski definition) is 2. The van der Waals surface area contributed by atoms with Crippen molar-refractivity contribution < 1.29 is 4.79 Å². The van der Waals surface area contributed by atoms with E-state index in [4.69, 9.17) is 0 Å². The molecule has 1 amide bonds. The molecule has 84 valence electrons. The fourth-order valence-electron chi connectivity index (χ4n) is 2.49. The second-order valence-electron chi connectivity index (χ2n) is 4.70. The third-order valence-electron chi connectivity index (χ3n) is 3.48. The summed E-state index contributed by atoms with van der Waals surface area (Å²) in [5.74, 6) is 0.374. The molecule has 0 aromatic heterocycles.